The summed E-state index contributed by atoms with van der Waals surface area (Å²) in [5.41, 5.74) is 1.17. The van der Waals surface area contributed by atoms with Crippen LogP contribution in [0.5, 0.6) is 5.75 Å². The van der Waals surface area contributed by atoms with Crippen LogP contribution in [-0.4, -0.2) is 30.5 Å². The normalized spacial score (nSPS) is 11.3. The minimum absolute atomic E-state index is 0.0183. The van der Waals surface area contributed by atoms with Crippen molar-refractivity contribution < 1.29 is 32.6 Å². The van der Waals surface area contributed by atoms with E-state index >= 15 is 0 Å². The highest BCUT2D eigenvalue weighted by molar-refractivity contribution is 5.76. The Morgan fingerprint density at radius 1 is 1.10 bits per heavy atom. The van der Waals surface area contributed by atoms with Crippen LogP contribution in [0.15, 0.2) is 36.4 Å². The van der Waals surface area contributed by atoms with E-state index in [4.69, 9.17) is 9.84 Å². The van der Waals surface area contributed by atoms with Crippen molar-refractivity contribution in [3.05, 3.63) is 53.1 Å². The van der Waals surface area contributed by atoms with Crippen molar-refractivity contribution in [2.75, 3.05) is 13.7 Å². The van der Waals surface area contributed by atoms with Crippen LogP contribution in [0.4, 0.5) is 13.2 Å². The number of carboxylic acid groups (broad SMARTS) is 1. The Balaban J connectivity index is 2.44. The summed E-state index contributed by atoms with van der Waals surface area (Å²) in [6.45, 7) is 1.92. The largest absolute Gasteiger partial charge is 0.496 e. The van der Waals surface area contributed by atoms with Crippen molar-refractivity contribution >= 4 is 11.8 Å². The molecule has 0 aliphatic heterocycles. The van der Waals surface area contributed by atoms with E-state index in [2.05, 4.69) is 5.32 Å². The number of hydrogen-bond donors (Lipinski definition) is 2. The summed E-state index contributed by atoms with van der Waals surface area (Å²) in [5.74, 6) is -0.668. The molecule has 0 atom stereocenters. The predicted octanol–water partition coefficient (Wildman–Crippen LogP) is 4.08. The average Bonchev–Trinajstić information content (AvgIpc) is 2.63. The molecule has 0 saturated carbocycles. The molecule has 2 rings (SSSR count). The van der Waals surface area contributed by atoms with Gasteiger partial charge in [0.2, 0.25) is 0 Å². The number of carbonyl (C=O) groups excluding carboxylic acids is 1. The molecule has 0 unspecified atom stereocenters. The van der Waals surface area contributed by atoms with Crippen LogP contribution in [0.3, 0.4) is 0 Å². The smallest absolute Gasteiger partial charge is 0.416 e. The monoisotopic (exact) mass is 409 g/mol. The quantitative estimate of drug-likeness (QED) is 0.611. The number of rotatable bonds is 9. The first-order valence-corrected chi connectivity index (χ1v) is 8.91. The molecule has 0 aliphatic carbocycles. The molecular formula is C21H22F3NO4. The summed E-state index contributed by atoms with van der Waals surface area (Å²) in [7, 11) is 1.42. The van der Waals surface area contributed by atoms with Crippen LogP contribution in [0.25, 0.3) is 11.1 Å². The van der Waals surface area contributed by atoms with Crippen molar-refractivity contribution in [1.82, 2.24) is 5.32 Å². The van der Waals surface area contributed by atoms with Crippen LogP contribution in [-0.2, 0) is 28.7 Å². The number of halogens is 3. The zero-order valence-electron chi connectivity index (χ0n) is 16.1. The number of carboxylic acids is 1. The van der Waals surface area contributed by atoms with Crippen LogP contribution in [0.1, 0.15) is 30.0 Å². The van der Waals surface area contributed by atoms with Gasteiger partial charge in [0, 0.05) is 25.1 Å². The fraction of sp³-hybridized carbons (Fsp3) is 0.333. The second-order valence-electron chi connectivity index (χ2n) is 6.60. The molecule has 0 radical (unpaired) electrons. The lowest BCUT2D eigenvalue weighted by Crippen LogP contribution is -2.18. The molecule has 0 bridgehead atoms. The van der Waals surface area contributed by atoms with Crippen LogP contribution < -0.4 is 10.1 Å². The van der Waals surface area contributed by atoms with Gasteiger partial charge in [0.25, 0.3) is 0 Å². The molecule has 0 aliphatic rings. The third-order valence-electron chi connectivity index (χ3n) is 4.33. The van der Waals surface area contributed by atoms with Gasteiger partial charge in [0.15, 0.2) is 0 Å². The Labute approximate surface area is 166 Å². The number of nitrogens with one attached hydrogen (secondary N) is 1. The Bertz CT molecular complexity index is 894. The van der Waals surface area contributed by atoms with Gasteiger partial charge in [-0.15, -0.1) is 0 Å². The van der Waals surface area contributed by atoms with Crippen molar-refractivity contribution in [2.45, 2.75) is 32.5 Å². The summed E-state index contributed by atoms with van der Waals surface area (Å²) in [6, 6.07) is 8.31. The first-order valence-electron chi connectivity index (χ1n) is 8.91. The van der Waals surface area contributed by atoms with Crippen molar-refractivity contribution in [1.29, 1.82) is 0 Å². The van der Waals surface area contributed by atoms with E-state index in [9.17, 15) is 22.8 Å². The molecule has 2 aromatic carbocycles. The van der Waals surface area contributed by atoms with Gasteiger partial charge >= 0.3 is 12.1 Å². The van der Waals surface area contributed by atoms with E-state index in [0.717, 1.165) is 12.1 Å². The molecule has 0 aromatic heterocycles. The lowest BCUT2D eigenvalue weighted by atomic mass is 9.95. The molecular weight excluding hydrogens is 387 g/mol. The number of hydrogen-bond acceptors (Lipinski definition) is 4. The predicted molar refractivity (Wildman–Crippen MR) is 102 cm³/mol. The van der Waals surface area contributed by atoms with Gasteiger partial charge in [-0.3, -0.25) is 9.59 Å². The number of ketones is 1. The van der Waals surface area contributed by atoms with Gasteiger partial charge in [-0.2, -0.15) is 13.2 Å². The summed E-state index contributed by atoms with van der Waals surface area (Å²) in [5, 5.41) is 12.1. The Morgan fingerprint density at radius 3 is 2.41 bits per heavy atom. The average molecular weight is 409 g/mol. The number of Topliss-reactive ketones (excluding diaryl/α,β-unsaturated/α-hetero) is 1. The molecule has 0 spiro atoms. The minimum Gasteiger partial charge on any atom is -0.496 e. The van der Waals surface area contributed by atoms with Crippen molar-refractivity contribution in [3.63, 3.8) is 0 Å². The van der Waals surface area contributed by atoms with Crippen LogP contribution in [0, 0.1) is 0 Å². The topological polar surface area (TPSA) is 75.6 Å². The molecule has 2 N–H and O–H groups in total. The van der Waals surface area contributed by atoms with Gasteiger partial charge < -0.3 is 15.2 Å². The fourth-order valence-corrected chi connectivity index (χ4v) is 2.93. The van der Waals surface area contributed by atoms with Gasteiger partial charge in [-0.1, -0.05) is 12.1 Å². The number of aliphatic carboxylic acids is 1. The number of methoxy groups -OCH3 is 1. The maximum absolute atomic E-state index is 13.2. The molecule has 156 valence electrons. The fourth-order valence-electron chi connectivity index (χ4n) is 2.93. The summed E-state index contributed by atoms with van der Waals surface area (Å²) in [6.07, 6.45) is -4.48. The van der Waals surface area contributed by atoms with Gasteiger partial charge in [-0.25, -0.2) is 0 Å². The maximum Gasteiger partial charge on any atom is 0.416 e. The lowest BCUT2D eigenvalue weighted by molar-refractivity contribution is -0.138. The molecule has 0 saturated heterocycles. The summed E-state index contributed by atoms with van der Waals surface area (Å²) in [4.78, 5) is 22.2. The van der Waals surface area contributed by atoms with Gasteiger partial charge in [-0.05, 0) is 47.9 Å². The van der Waals surface area contributed by atoms with Crippen LogP contribution in [0.2, 0.25) is 0 Å². The molecule has 0 heterocycles. The zero-order chi connectivity index (χ0) is 21.6. The highest BCUT2D eigenvalue weighted by atomic mass is 19.4. The third kappa shape index (κ3) is 6.32. The van der Waals surface area contributed by atoms with Gasteiger partial charge in [0.05, 0.1) is 19.1 Å². The summed E-state index contributed by atoms with van der Waals surface area (Å²) >= 11 is 0. The molecule has 2 aromatic rings. The van der Waals surface area contributed by atoms with Crippen molar-refractivity contribution in [3.8, 4) is 16.9 Å². The Kier molecular flexibility index (Phi) is 7.39. The molecule has 0 amide bonds. The highest BCUT2D eigenvalue weighted by Crippen LogP contribution is 2.35. The van der Waals surface area contributed by atoms with Crippen molar-refractivity contribution in [2.24, 2.45) is 0 Å². The molecule has 8 heteroatoms. The SMILES string of the molecule is COc1ccc(-c2ccc(C(F)(F)F)cc2CNCCC(C)=O)cc1CC(=O)O. The molecule has 5 nitrogen and oxygen atoms in total. The van der Waals surface area contributed by atoms with E-state index in [1.807, 2.05) is 0 Å². The first kappa shape index (κ1) is 22.4. The second-order valence-corrected chi connectivity index (χ2v) is 6.60. The molecule has 0 fully saturated rings. The van der Waals surface area contributed by atoms with E-state index in [1.165, 1.54) is 20.1 Å². The van der Waals surface area contributed by atoms with E-state index in [1.54, 1.807) is 18.2 Å². The first-order chi connectivity index (χ1) is 13.6. The Morgan fingerprint density at radius 2 is 1.83 bits per heavy atom. The standard InChI is InChI=1S/C21H22F3NO4/c1-13(26)7-8-25-12-16-10-17(21(22,23)24)4-5-18(16)14-3-6-19(29-2)15(9-14)11-20(27)28/h3-6,9-10,25H,7-8,11-12H2,1-2H3,(H,27,28). The third-order valence-corrected chi connectivity index (χ3v) is 4.33. The number of benzene rings is 2. The van der Waals surface area contributed by atoms with E-state index < -0.39 is 17.7 Å². The highest BCUT2D eigenvalue weighted by Gasteiger charge is 2.31. The lowest BCUT2D eigenvalue weighted by Gasteiger charge is -2.16. The molecule has 29 heavy (non-hydrogen) atoms. The summed E-state index contributed by atoms with van der Waals surface area (Å²) < 4.78 is 44.6. The number of ether oxygens (including phenoxy) is 1. The van der Waals surface area contributed by atoms with E-state index in [0.29, 0.717) is 34.5 Å². The minimum atomic E-state index is -4.49. The van der Waals surface area contributed by atoms with Crippen LogP contribution >= 0.6 is 0 Å². The van der Waals surface area contributed by atoms with E-state index in [-0.39, 0.29) is 25.2 Å². The zero-order valence-corrected chi connectivity index (χ0v) is 16.1. The Hall–Kier alpha value is -2.87. The number of alkyl halides is 3. The number of carbonyl (C=O) groups is 2. The second kappa shape index (κ2) is 9.56. The van der Waals surface area contributed by atoms with Gasteiger partial charge in [0.1, 0.15) is 11.5 Å². The maximum atomic E-state index is 13.2.